The number of nitrogens with zero attached hydrogens (tertiary/aromatic N) is 2. The van der Waals surface area contributed by atoms with Gasteiger partial charge >= 0.3 is 5.97 Å². The molecule has 0 fully saturated rings. The second-order valence-electron chi connectivity index (χ2n) is 3.60. The first-order chi connectivity index (χ1) is 8.18. The van der Waals surface area contributed by atoms with E-state index in [2.05, 4.69) is 4.98 Å². The lowest BCUT2D eigenvalue weighted by atomic mass is 10.2. The predicted molar refractivity (Wildman–Crippen MR) is 62.6 cm³/mol. The molecule has 5 heteroatoms. The topological polar surface area (TPSA) is 61.2 Å². The Morgan fingerprint density at radius 3 is 2.94 bits per heavy atom. The monoisotopic (exact) mass is 232 g/mol. The summed E-state index contributed by atoms with van der Waals surface area (Å²) in [5, 5.41) is 0.567. The molecule has 2 aromatic rings. The molecule has 0 bridgehead atoms. The van der Waals surface area contributed by atoms with Gasteiger partial charge in [0.05, 0.1) is 23.8 Å². The van der Waals surface area contributed by atoms with Gasteiger partial charge in [0.1, 0.15) is 6.61 Å². The fourth-order valence-corrected chi connectivity index (χ4v) is 1.55. The van der Waals surface area contributed by atoms with Crippen LogP contribution in [0.5, 0.6) is 0 Å². The van der Waals surface area contributed by atoms with Crippen molar-refractivity contribution in [3.05, 3.63) is 40.9 Å². The van der Waals surface area contributed by atoms with Crippen LogP contribution in [0, 0.1) is 0 Å². The highest BCUT2D eigenvalue weighted by atomic mass is 16.5. The molecule has 0 radical (unpaired) electrons. The van der Waals surface area contributed by atoms with Crippen LogP contribution in [0.15, 0.2) is 35.4 Å². The summed E-state index contributed by atoms with van der Waals surface area (Å²) in [5.74, 6) is -0.355. The second kappa shape index (κ2) is 4.78. The van der Waals surface area contributed by atoms with E-state index in [1.165, 1.54) is 17.8 Å². The van der Waals surface area contributed by atoms with Crippen LogP contribution < -0.4 is 5.56 Å². The minimum absolute atomic E-state index is 0.122. The van der Waals surface area contributed by atoms with Crippen LogP contribution in [0.1, 0.15) is 6.92 Å². The van der Waals surface area contributed by atoms with Crippen LogP contribution in [0.25, 0.3) is 10.9 Å². The van der Waals surface area contributed by atoms with Gasteiger partial charge in [0.2, 0.25) is 0 Å². The molecule has 88 valence electrons. The Hall–Kier alpha value is -2.17. The Bertz CT molecular complexity index is 604. The summed E-state index contributed by atoms with van der Waals surface area (Å²) in [4.78, 5) is 26.8. The van der Waals surface area contributed by atoms with E-state index in [4.69, 9.17) is 4.74 Å². The number of hydrogen-bond acceptors (Lipinski definition) is 4. The number of carbonyl (C=O) groups excluding carboxylic acids is 1. The second-order valence-corrected chi connectivity index (χ2v) is 3.60. The average molecular weight is 232 g/mol. The third-order valence-corrected chi connectivity index (χ3v) is 2.37. The van der Waals surface area contributed by atoms with Gasteiger partial charge in [-0.2, -0.15) is 0 Å². The summed E-state index contributed by atoms with van der Waals surface area (Å²) in [6.45, 7) is 1.83. The van der Waals surface area contributed by atoms with Gasteiger partial charge in [-0.1, -0.05) is 12.1 Å². The number of ether oxygens (including phenoxy) is 1. The van der Waals surface area contributed by atoms with Crippen molar-refractivity contribution >= 4 is 16.9 Å². The zero-order valence-corrected chi connectivity index (χ0v) is 9.42. The van der Waals surface area contributed by atoms with E-state index in [9.17, 15) is 9.59 Å². The zero-order chi connectivity index (χ0) is 12.3. The maximum absolute atomic E-state index is 12.0. The molecule has 0 saturated carbocycles. The highest BCUT2D eigenvalue weighted by Gasteiger charge is 2.03. The average Bonchev–Trinajstić information content (AvgIpc) is 2.32. The molecular formula is C12H12N2O3. The summed E-state index contributed by atoms with van der Waals surface area (Å²) in [7, 11) is 0. The first-order valence-electron chi connectivity index (χ1n) is 5.26. The molecule has 0 unspecified atom stereocenters. The van der Waals surface area contributed by atoms with Gasteiger partial charge in [-0.3, -0.25) is 14.2 Å². The molecule has 1 aromatic carbocycles. The van der Waals surface area contributed by atoms with Gasteiger partial charge in [-0.25, -0.2) is 4.98 Å². The summed E-state index contributed by atoms with van der Waals surface area (Å²) in [5.41, 5.74) is 0.545. The molecular weight excluding hydrogens is 220 g/mol. The minimum atomic E-state index is -0.355. The Labute approximate surface area is 97.7 Å². The third kappa shape index (κ3) is 2.50. The molecule has 17 heavy (non-hydrogen) atoms. The maximum Gasteiger partial charge on any atom is 0.302 e. The fourth-order valence-electron chi connectivity index (χ4n) is 1.55. The molecule has 0 saturated heterocycles. The fraction of sp³-hybridized carbons (Fsp3) is 0.250. The maximum atomic E-state index is 12.0. The Morgan fingerprint density at radius 1 is 1.41 bits per heavy atom. The summed E-state index contributed by atoms with van der Waals surface area (Å²) in [6, 6.07) is 7.14. The Kier molecular flexibility index (Phi) is 3.18. The van der Waals surface area contributed by atoms with Crippen molar-refractivity contribution in [1.82, 2.24) is 9.55 Å². The molecule has 0 N–H and O–H groups in total. The number of para-hydroxylation sites is 1. The van der Waals surface area contributed by atoms with Gasteiger partial charge in [0, 0.05) is 6.92 Å². The first-order valence-corrected chi connectivity index (χ1v) is 5.26. The van der Waals surface area contributed by atoms with E-state index in [1.807, 2.05) is 6.07 Å². The van der Waals surface area contributed by atoms with Crippen LogP contribution in [0.2, 0.25) is 0 Å². The standard InChI is InChI=1S/C12H12N2O3/c1-9(15)17-7-6-14-8-13-11-5-3-2-4-10(11)12(14)16/h2-5,8H,6-7H2,1H3. The minimum Gasteiger partial charge on any atom is -0.464 e. The number of hydrogen-bond donors (Lipinski definition) is 0. The van der Waals surface area contributed by atoms with E-state index in [0.717, 1.165) is 0 Å². The molecule has 2 rings (SSSR count). The summed E-state index contributed by atoms with van der Waals surface area (Å²) in [6.07, 6.45) is 1.47. The molecule has 1 aromatic heterocycles. The van der Waals surface area contributed by atoms with Crippen molar-refractivity contribution < 1.29 is 9.53 Å². The number of carbonyl (C=O) groups is 1. The number of rotatable bonds is 3. The smallest absolute Gasteiger partial charge is 0.302 e. The highest BCUT2D eigenvalue weighted by molar-refractivity contribution is 5.76. The lowest BCUT2D eigenvalue weighted by Gasteiger charge is -2.06. The molecule has 0 aliphatic heterocycles. The van der Waals surface area contributed by atoms with E-state index in [1.54, 1.807) is 18.2 Å². The number of esters is 1. The lowest BCUT2D eigenvalue weighted by Crippen LogP contribution is -2.23. The van der Waals surface area contributed by atoms with Gasteiger partial charge < -0.3 is 4.74 Å². The zero-order valence-electron chi connectivity index (χ0n) is 9.42. The normalized spacial score (nSPS) is 10.4. The van der Waals surface area contributed by atoms with Crippen molar-refractivity contribution in [2.45, 2.75) is 13.5 Å². The van der Waals surface area contributed by atoms with Gasteiger partial charge in [-0.05, 0) is 12.1 Å². The number of fused-ring (bicyclic) bond motifs is 1. The molecule has 1 heterocycles. The van der Waals surface area contributed by atoms with Crippen LogP contribution >= 0.6 is 0 Å². The molecule has 0 atom stereocenters. The van der Waals surface area contributed by atoms with Crippen molar-refractivity contribution in [2.24, 2.45) is 0 Å². The van der Waals surface area contributed by atoms with Gasteiger partial charge in [0.25, 0.3) is 5.56 Å². The van der Waals surface area contributed by atoms with E-state index >= 15 is 0 Å². The van der Waals surface area contributed by atoms with E-state index in [-0.39, 0.29) is 18.1 Å². The predicted octanol–water partition coefficient (Wildman–Crippen LogP) is 0.960. The van der Waals surface area contributed by atoms with Crippen molar-refractivity contribution in [3.63, 3.8) is 0 Å². The SMILES string of the molecule is CC(=O)OCCn1cnc2ccccc2c1=O. The van der Waals surface area contributed by atoms with E-state index < -0.39 is 0 Å². The largest absolute Gasteiger partial charge is 0.464 e. The van der Waals surface area contributed by atoms with Crippen molar-refractivity contribution in [2.75, 3.05) is 6.61 Å². The van der Waals surface area contributed by atoms with E-state index in [0.29, 0.717) is 17.4 Å². The van der Waals surface area contributed by atoms with Crippen LogP contribution in [-0.4, -0.2) is 22.1 Å². The molecule has 0 aliphatic rings. The highest BCUT2D eigenvalue weighted by Crippen LogP contribution is 2.04. The molecule has 5 nitrogen and oxygen atoms in total. The van der Waals surface area contributed by atoms with Crippen LogP contribution in [-0.2, 0) is 16.1 Å². The number of benzene rings is 1. The molecule has 0 aliphatic carbocycles. The third-order valence-electron chi connectivity index (χ3n) is 2.37. The summed E-state index contributed by atoms with van der Waals surface area (Å²) < 4.78 is 6.22. The van der Waals surface area contributed by atoms with Crippen LogP contribution in [0.4, 0.5) is 0 Å². The molecule has 0 amide bonds. The summed E-state index contributed by atoms with van der Waals surface area (Å²) >= 11 is 0. The Morgan fingerprint density at radius 2 is 2.18 bits per heavy atom. The molecule has 0 spiro atoms. The quantitative estimate of drug-likeness (QED) is 0.739. The van der Waals surface area contributed by atoms with Crippen LogP contribution in [0.3, 0.4) is 0 Å². The lowest BCUT2D eigenvalue weighted by molar-refractivity contribution is -0.141. The first kappa shape index (κ1) is 11.3. The van der Waals surface area contributed by atoms with Gasteiger partial charge in [0.15, 0.2) is 0 Å². The Balaban J connectivity index is 2.27. The van der Waals surface area contributed by atoms with Crippen molar-refractivity contribution in [1.29, 1.82) is 0 Å². The van der Waals surface area contributed by atoms with Gasteiger partial charge in [-0.15, -0.1) is 0 Å². The number of aromatic nitrogens is 2. The van der Waals surface area contributed by atoms with Crippen molar-refractivity contribution in [3.8, 4) is 0 Å².